The maximum Gasteiger partial charge on any atom is 0.163 e. The number of nitrogens with zero attached hydrogens (tertiary/aromatic N) is 7. The number of nitriles is 1. The molecule has 1 fully saturated rings. The molecule has 0 aliphatic carbocycles. The smallest absolute Gasteiger partial charge is 0.163 e. The third kappa shape index (κ3) is 3.06. The minimum absolute atomic E-state index is 0.422. The molecule has 0 atom stereocenters. The average Bonchev–Trinajstić information content (AvgIpc) is 3.10. The quantitative estimate of drug-likeness (QED) is 0.721. The van der Waals surface area contributed by atoms with Crippen LogP contribution in [-0.2, 0) is 6.54 Å². The molecule has 0 N–H and O–H groups in total. The Morgan fingerprint density at radius 2 is 1.92 bits per heavy atom. The Morgan fingerprint density at radius 3 is 2.69 bits per heavy atom. The van der Waals surface area contributed by atoms with E-state index in [-0.39, 0.29) is 0 Å². The summed E-state index contributed by atoms with van der Waals surface area (Å²) in [5.74, 6) is 0.932. The third-order valence-corrected chi connectivity index (χ3v) is 4.79. The molecule has 4 rings (SSSR count). The lowest BCUT2D eigenvalue weighted by Crippen LogP contribution is -2.46. The topological polar surface area (TPSA) is 73.9 Å². The predicted molar refractivity (Wildman–Crippen MR) is 101 cm³/mol. The zero-order valence-electron chi connectivity index (χ0n) is 14.8. The summed E-state index contributed by atoms with van der Waals surface area (Å²) in [5.41, 5.74) is 3.36. The van der Waals surface area contributed by atoms with E-state index in [9.17, 15) is 0 Å². The van der Waals surface area contributed by atoms with Crippen molar-refractivity contribution in [3.05, 3.63) is 42.4 Å². The minimum atomic E-state index is 0.422. The number of anilines is 2. The van der Waals surface area contributed by atoms with E-state index in [2.05, 4.69) is 62.1 Å². The van der Waals surface area contributed by atoms with E-state index in [1.54, 1.807) is 11.0 Å². The highest BCUT2D eigenvalue weighted by molar-refractivity contribution is 5.86. The first-order valence-corrected chi connectivity index (χ1v) is 8.86. The summed E-state index contributed by atoms with van der Waals surface area (Å²) in [5, 5.41) is 14.1. The van der Waals surface area contributed by atoms with Crippen LogP contribution < -0.4 is 9.80 Å². The fourth-order valence-corrected chi connectivity index (χ4v) is 3.45. The van der Waals surface area contributed by atoms with E-state index in [1.165, 1.54) is 11.3 Å². The van der Waals surface area contributed by atoms with Crippen molar-refractivity contribution in [2.75, 3.05) is 36.0 Å². The van der Waals surface area contributed by atoms with Crippen LogP contribution in [-0.4, -0.2) is 45.9 Å². The summed E-state index contributed by atoms with van der Waals surface area (Å²) in [6.07, 6.45) is 3.83. The number of piperazine rings is 1. The summed E-state index contributed by atoms with van der Waals surface area (Å²) < 4.78 is 1.78. The zero-order valence-corrected chi connectivity index (χ0v) is 14.8. The van der Waals surface area contributed by atoms with Crippen molar-refractivity contribution in [3.8, 4) is 6.07 Å². The Kier molecular flexibility index (Phi) is 4.40. The average molecular weight is 347 g/mol. The lowest BCUT2D eigenvalue weighted by atomic mass is 10.2. The van der Waals surface area contributed by atoms with Gasteiger partial charge in [-0.2, -0.15) is 10.4 Å². The molecule has 1 aromatic carbocycles. The molecule has 1 saturated heterocycles. The highest BCUT2D eigenvalue weighted by Crippen LogP contribution is 2.25. The van der Waals surface area contributed by atoms with Crippen LogP contribution >= 0.6 is 0 Å². The maximum absolute atomic E-state index is 8.79. The number of fused-ring (bicyclic) bond motifs is 1. The molecule has 0 amide bonds. The second-order valence-corrected chi connectivity index (χ2v) is 6.52. The highest BCUT2D eigenvalue weighted by Gasteiger charge is 2.21. The van der Waals surface area contributed by atoms with Crippen molar-refractivity contribution < 1.29 is 0 Å². The van der Waals surface area contributed by atoms with Crippen LogP contribution in [0.4, 0.5) is 11.5 Å². The highest BCUT2D eigenvalue weighted by atomic mass is 15.3. The Labute approximate surface area is 152 Å². The molecule has 0 spiro atoms. The van der Waals surface area contributed by atoms with E-state index >= 15 is 0 Å². The van der Waals surface area contributed by atoms with Gasteiger partial charge in [-0.05, 0) is 24.6 Å². The Morgan fingerprint density at radius 1 is 1.12 bits per heavy atom. The van der Waals surface area contributed by atoms with Crippen LogP contribution in [0.3, 0.4) is 0 Å². The minimum Gasteiger partial charge on any atom is -0.368 e. The van der Waals surface area contributed by atoms with Crippen LogP contribution in [0.2, 0.25) is 0 Å². The Hall–Kier alpha value is -3.14. The van der Waals surface area contributed by atoms with Crippen molar-refractivity contribution in [1.29, 1.82) is 5.26 Å². The van der Waals surface area contributed by atoms with Crippen LogP contribution in [0.1, 0.15) is 12.0 Å². The van der Waals surface area contributed by atoms with Gasteiger partial charge < -0.3 is 9.80 Å². The normalized spacial score (nSPS) is 14.6. The summed E-state index contributed by atoms with van der Waals surface area (Å²) in [4.78, 5) is 13.6. The van der Waals surface area contributed by atoms with Gasteiger partial charge in [-0.15, -0.1) is 0 Å². The van der Waals surface area contributed by atoms with Gasteiger partial charge in [0.1, 0.15) is 12.1 Å². The molecule has 0 radical (unpaired) electrons. The first-order valence-electron chi connectivity index (χ1n) is 8.86. The third-order valence-electron chi connectivity index (χ3n) is 4.79. The van der Waals surface area contributed by atoms with E-state index in [4.69, 9.17) is 5.26 Å². The van der Waals surface area contributed by atoms with Crippen LogP contribution in [0.25, 0.3) is 11.0 Å². The summed E-state index contributed by atoms with van der Waals surface area (Å²) in [6, 6.07) is 10.8. The fourth-order valence-electron chi connectivity index (χ4n) is 3.45. The van der Waals surface area contributed by atoms with E-state index in [0.29, 0.717) is 13.0 Å². The van der Waals surface area contributed by atoms with Crippen molar-refractivity contribution >= 4 is 22.5 Å². The molecule has 7 heteroatoms. The Bertz CT molecular complexity index is 948. The largest absolute Gasteiger partial charge is 0.368 e. The molecule has 0 unspecified atom stereocenters. The van der Waals surface area contributed by atoms with Gasteiger partial charge in [0.15, 0.2) is 5.65 Å². The van der Waals surface area contributed by atoms with Gasteiger partial charge in [0.25, 0.3) is 0 Å². The molecule has 26 heavy (non-hydrogen) atoms. The standard InChI is InChI=1S/C19H21N7/c1-15-4-2-5-16(12-15)24-8-10-25(11-9-24)18-17-13-23-26(7-3-6-20)19(17)22-14-21-18/h2,4-5,12-14H,3,7-11H2,1H3. The van der Waals surface area contributed by atoms with Crippen molar-refractivity contribution in [2.24, 2.45) is 0 Å². The van der Waals surface area contributed by atoms with Gasteiger partial charge in [-0.1, -0.05) is 12.1 Å². The summed E-state index contributed by atoms with van der Waals surface area (Å²) in [7, 11) is 0. The Balaban J connectivity index is 1.53. The van der Waals surface area contributed by atoms with Gasteiger partial charge >= 0.3 is 0 Å². The van der Waals surface area contributed by atoms with E-state index in [0.717, 1.165) is 43.0 Å². The van der Waals surface area contributed by atoms with Gasteiger partial charge in [0.2, 0.25) is 0 Å². The van der Waals surface area contributed by atoms with E-state index < -0.39 is 0 Å². The molecule has 3 aromatic rings. The number of rotatable bonds is 4. The van der Waals surface area contributed by atoms with Crippen molar-refractivity contribution in [3.63, 3.8) is 0 Å². The van der Waals surface area contributed by atoms with E-state index in [1.807, 2.05) is 6.20 Å². The lowest BCUT2D eigenvalue weighted by molar-refractivity contribution is 0.641. The molecule has 1 aliphatic rings. The van der Waals surface area contributed by atoms with Crippen LogP contribution in [0.5, 0.6) is 0 Å². The molecule has 132 valence electrons. The van der Waals surface area contributed by atoms with Gasteiger partial charge in [-0.3, -0.25) is 0 Å². The predicted octanol–water partition coefficient (Wildman–Crippen LogP) is 2.38. The number of aromatic nitrogens is 4. The fraction of sp³-hybridized carbons (Fsp3) is 0.368. The summed E-state index contributed by atoms with van der Waals surface area (Å²) in [6.45, 7) is 6.40. The monoisotopic (exact) mass is 347 g/mol. The van der Waals surface area contributed by atoms with Crippen LogP contribution in [0.15, 0.2) is 36.8 Å². The SMILES string of the molecule is Cc1cccc(N2CCN(c3ncnc4c3cnn4CCC#N)CC2)c1. The second kappa shape index (κ2) is 7.00. The van der Waals surface area contributed by atoms with Crippen LogP contribution in [0, 0.1) is 18.3 Å². The molecular weight excluding hydrogens is 326 g/mol. The maximum atomic E-state index is 8.79. The van der Waals surface area contributed by atoms with Gasteiger partial charge in [-0.25, -0.2) is 14.6 Å². The molecule has 0 saturated carbocycles. The van der Waals surface area contributed by atoms with Gasteiger partial charge in [0.05, 0.1) is 30.6 Å². The second-order valence-electron chi connectivity index (χ2n) is 6.52. The molecule has 3 heterocycles. The van der Waals surface area contributed by atoms with Crippen molar-refractivity contribution in [1.82, 2.24) is 19.7 Å². The molecule has 2 aromatic heterocycles. The molecule has 7 nitrogen and oxygen atoms in total. The first-order chi connectivity index (χ1) is 12.8. The lowest BCUT2D eigenvalue weighted by Gasteiger charge is -2.37. The first kappa shape index (κ1) is 16.3. The number of aryl methyl sites for hydroxylation is 2. The number of hydrogen-bond acceptors (Lipinski definition) is 6. The molecular formula is C19H21N7. The van der Waals surface area contributed by atoms with Crippen molar-refractivity contribution in [2.45, 2.75) is 19.9 Å². The number of benzene rings is 1. The molecule has 0 bridgehead atoms. The number of hydrogen-bond donors (Lipinski definition) is 0. The molecule has 1 aliphatic heterocycles. The zero-order chi connectivity index (χ0) is 17.9. The summed E-state index contributed by atoms with van der Waals surface area (Å²) >= 11 is 0. The van der Waals surface area contributed by atoms with Gasteiger partial charge in [0, 0.05) is 31.9 Å².